The van der Waals surface area contributed by atoms with Crippen molar-refractivity contribution in [2.45, 2.75) is 45.3 Å². The molecule has 0 spiro atoms. The van der Waals surface area contributed by atoms with Gasteiger partial charge in [-0.25, -0.2) is 9.67 Å². The third-order valence-electron chi connectivity index (χ3n) is 5.48. The molecule has 2 atom stereocenters. The molecule has 4 rings (SSSR count). The van der Waals surface area contributed by atoms with Crippen molar-refractivity contribution < 1.29 is 14.3 Å². The van der Waals surface area contributed by atoms with E-state index in [0.717, 1.165) is 30.7 Å². The Kier molecular flexibility index (Phi) is 6.30. The summed E-state index contributed by atoms with van der Waals surface area (Å²) >= 11 is 3.31. The van der Waals surface area contributed by atoms with E-state index < -0.39 is 0 Å². The van der Waals surface area contributed by atoms with Crippen LogP contribution in [0.1, 0.15) is 37.1 Å². The van der Waals surface area contributed by atoms with Gasteiger partial charge in [-0.3, -0.25) is 4.79 Å². The molecule has 0 amide bonds. The maximum absolute atomic E-state index is 11.9. The lowest BCUT2D eigenvalue weighted by atomic mass is 9.87. The Morgan fingerprint density at radius 2 is 2.16 bits per heavy atom. The first-order chi connectivity index (χ1) is 14.9. The number of halogens is 1. The summed E-state index contributed by atoms with van der Waals surface area (Å²) in [6, 6.07) is 3.78. The monoisotopic (exact) mass is 489 g/mol. The first kappa shape index (κ1) is 21.4. The third kappa shape index (κ3) is 4.76. The quantitative estimate of drug-likeness (QED) is 0.486. The Labute approximate surface area is 188 Å². The van der Waals surface area contributed by atoms with Crippen molar-refractivity contribution in [1.82, 2.24) is 35.0 Å². The molecule has 1 fully saturated rings. The predicted molar refractivity (Wildman–Crippen MR) is 114 cm³/mol. The van der Waals surface area contributed by atoms with Crippen LogP contribution in [0.15, 0.2) is 22.9 Å². The Morgan fingerprint density at radius 1 is 1.32 bits per heavy atom. The van der Waals surface area contributed by atoms with E-state index in [1.165, 1.54) is 7.11 Å². The van der Waals surface area contributed by atoms with Crippen LogP contribution < -0.4 is 4.74 Å². The first-order valence-corrected chi connectivity index (χ1v) is 10.9. The highest BCUT2D eigenvalue weighted by atomic mass is 79.9. The van der Waals surface area contributed by atoms with Crippen LogP contribution in [0.25, 0.3) is 11.4 Å². The van der Waals surface area contributed by atoms with Crippen molar-refractivity contribution in [3.05, 3.63) is 34.3 Å². The number of hydrogen-bond donors (Lipinski definition) is 0. The molecule has 0 saturated heterocycles. The zero-order valence-electron chi connectivity index (χ0n) is 17.7. The number of carbonyl (C=O) groups excluding carboxylic acids is 1. The van der Waals surface area contributed by atoms with Crippen LogP contribution in [-0.4, -0.2) is 54.2 Å². The van der Waals surface area contributed by atoms with E-state index >= 15 is 0 Å². The topological polar surface area (TPSA) is 110 Å². The molecule has 164 valence electrons. The summed E-state index contributed by atoms with van der Waals surface area (Å²) in [6.45, 7) is 2.32. The summed E-state index contributed by atoms with van der Waals surface area (Å²) in [5.74, 6) is 0.448. The van der Waals surface area contributed by atoms with Gasteiger partial charge in [-0.2, -0.15) is 9.90 Å². The molecule has 31 heavy (non-hydrogen) atoms. The molecule has 0 aromatic carbocycles. The molecule has 0 N–H and O–H groups in total. The van der Waals surface area contributed by atoms with E-state index in [9.17, 15) is 4.79 Å². The summed E-state index contributed by atoms with van der Waals surface area (Å²) in [4.78, 5) is 18.2. The standard InChI is InChI=1S/C20H24BrN7O3/c1-12-17(31-14-6-4-5-13(9-14)20(29)30-3)8-7-15(23-12)19-16(27(2)26-24-19)11-28-22-10-18(21)25-28/h7-8,10,13-14H,4-6,9,11H2,1-3H3/t13-,14-/m0/s1. The molecule has 0 aliphatic heterocycles. The van der Waals surface area contributed by atoms with Gasteiger partial charge in [0.25, 0.3) is 0 Å². The number of hydrogen-bond acceptors (Lipinski definition) is 8. The zero-order valence-corrected chi connectivity index (χ0v) is 19.2. The molecule has 3 heterocycles. The van der Waals surface area contributed by atoms with Gasteiger partial charge < -0.3 is 9.47 Å². The lowest BCUT2D eigenvalue weighted by Crippen LogP contribution is -2.30. The minimum absolute atomic E-state index is 0.0272. The van der Waals surface area contributed by atoms with Gasteiger partial charge in [0.2, 0.25) is 0 Å². The average Bonchev–Trinajstić information content (AvgIpc) is 3.35. The van der Waals surface area contributed by atoms with Crippen LogP contribution >= 0.6 is 15.9 Å². The largest absolute Gasteiger partial charge is 0.489 e. The second-order valence-corrected chi connectivity index (χ2v) is 8.43. The third-order valence-corrected chi connectivity index (χ3v) is 5.84. The summed E-state index contributed by atoms with van der Waals surface area (Å²) in [6.07, 6.45) is 4.97. The lowest BCUT2D eigenvalue weighted by molar-refractivity contribution is -0.147. The van der Waals surface area contributed by atoms with Crippen molar-refractivity contribution >= 4 is 21.9 Å². The minimum atomic E-state index is -0.160. The number of nitrogens with zero attached hydrogens (tertiary/aromatic N) is 7. The molecule has 0 radical (unpaired) electrons. The second-order valence-electron chi connectivity index (χ2n) is 7.61. The molecule has 3 aromatic rings. The van der Waals surface area contributed by atoms with Crippen LogP contribution in [-0.2, 0) is 23.1 Å². The van der Waals surface area contributed by atoms with E-state index in [1.54, 1.807) is 15.7 Å². The van der Waals surface area contributed by atoms with Gasteiger partial charge in [-0.1, -0.05) is 5.21 Å². The molecule has 1 saturated carbocycles. The van der Waals surface area contributed by atoms with Crippen LogP contribution in [0, 0.1) is 12.8 Å². The number of aryl methyl sites for hydroxylation is 2. The van der Waals surface area contributed by atoms with Crippen molar-refractivity contribution in [2.75, 3.05) is 7.11 Å². The van der Waals surface area contributed by atoms with Crippen LogP contribution in [0.2, 0.25) is 0 Å². The van der Waals surface area contributed by atoms with E-state index in [1.807, 2.05) is 26.1 Å². The number of rotatable bonds is 6. The fraction of sp³-hybridized carbons (Fsp3) is 0.500. The Morgan fingerprint density at radius 3 is 2.87 bits per heavy atom. The number of aromatic nitrogens is 7. The van der Waals surface area contributed by atoms with Gasteiger partial charge in [0.1, 0.15) is 22.6 Å². The highest BCUT2D eigenvalue weighted by Crippen LogP contribution is 2.31. The van der Waals surface area contributed by atoms with Crippen LogP contribution in [0.3, 0.4) is 0 Å². The van der Waals surface area contributed by atoms with E-state index in [4.69, 9.17) is 14.5 Å². The lowest BCUT2D eigenvalue weighted by Gasteiger charge is -2.28. The number of ether oxygens (including phenoxy) is 2. The van der Waals surface area contributed by atoms with E-state index in [-0.39, 0.29) is 18.0 Å². The Hall–Kier alpha value is -2.82. The van der Waals surface area contributed by atoms with E-state index in [2.05, 4.69) is 36.4 Å². The van der Waals surface area contributed by atoms with Crippen molar-refractivity contribution in [1.29, 1.82) is 0 Å². The summed E-state index contributed by atoms with van der Waals surface area (Å²) < 4.78 is 13.5. The predicted octanol–water partition coefficient (Wildman–Crippen LogP) is 2.70. The number of carbonyl (C=O) groups is 1. The molecule has 0 unspecified atom stereocenters. The minimum Gasteiger partial charge on any atom is -0.489 e. The SMILES string of the molecule is COC(=O)[C@H]1CCC[C@H](Oc2ccc(-c3nnn(C)c3Cn3ncc(Br)n3)nc2C)C1. The summed E-state index contributed by atoms with van der Waals surface area (Å²) in [7, 11) is 3.26. The molecule has 3 aromatic heterocycles. The summed E-state index contributed by atoms with van der Waals surface area (Å²) in [5.41, 5.74) is 2.98. The fourth-order valence-corrected chi connectivity index (χ4v) is 4.13. The molecule has 11 heteroatoms. The van der Waals surface area contributed by atoms with Gasteiger partial charge >= 0.3 is 5.97 Å². The second kappa shape index (κ2) is 9.13. The average molecular weight is 490 g/mol. The molecule has 1 aliphatic rings. The Balaban J connectivity index is 1.51. The first-order valence-electron chi connectivity index (χ1n) is 10.1. The number of esters is 1. The molecule has 1 aliphatic carbocycles. The van der Waals surface area contributed by atoms with Gasteiger partial charge in [0, 0.05) is 7.05 Å². The number of pyridine rings is 1. The normalized spacial score (nSPS) is 18.7. The van der Waals surface area contributed by atoms with Gasteiger partial charge in [0.05, 0.1) is 42.4 Å². The number of methoxy groups -OCH3 is 1. The highest BCUT2D eigenvalue weighted by molar-refractivity contribution is 9.10. The van der Waals surface area contributed by atoms with Gasteiger partial charge in [-0.15, -0.1) is 10.2 Å². The van der Waals surface area contributed by atoms with Crippen molar-refractivity contribution in [3.63, 3.8) is 0 Å². The zero-order chi connectivity index (χ0) is 22.0. The molecule has 0 bridgehead atoms. The van der Waals surface area contributed by atoms with Crippen molar-refractivity contribution in [3.8, 4) is 17.1 Å². The maximum atomic E-state index is 11.9. The highest BCUT2D eigenvalue weighted by Gasteiger charge is 2.29. The fourth-order valence-electron chi connectivity index (χ4n) is 3.86. The van der Waals surface area contributed by atoms with Crippen LogP contribution in [0.5, 0.6) is 5.75 Å². The van der Waals surface area contributed by atoms with E-state index in [0.29, 0.717) is 34.7 Å². The Bertz CT molecular complexity index is 1080. The van der Waals surface area contributed by atoms with Crippen molar-refractivity contribution in [2.24, 2.45) is 13.0 Å². The van der Waals surface area contributed by atoms with Crippen LogP contribution in [0.4, 0.5) is 0 Å². The molecular formula is C20H24BrN7O3. The molecular weight excluding hydrogens is 466 g/mol. The smallest absolute Gasteiger partial charge is 0.308 e. The maximum Gasteiger partial charge on any atom is 0.308 e. The van der Waals surface area contributed by atoms with Gasteiger partial charge in [-0.05, 0) is 60.7 Å². The van der Waals surface area contributed by atoms with Gasteiger partial charge in [0.15, 0.2) is 0 Å². The summed E-state index contributed by atoms with van der Waals surface area (Å²) in [5, 5.41) is 16.9. The molecule has 10 nitrogen and oxygen atoms in total.